The molecule has 0 aliphatic carbocycles. The average molecular weight is 455 g/mol. The van der Waals surface area contributed by atoms with Crippen molar-refractivity contribution in [2.45, 2.75) is 20.4 Å². The molecule has 4 rings (SSSR count). The van der Waals surface area contributed by atoms with Gasteiger partial charge in [0.25, 0.3) is 16.6 Å². The van der Waals surface area contributed by atoms with Crippen LogP contribution in [0.5, 0.6) is 0 Å². The number of carbonyl (C=O) groups is 1. The number of likely N-dealkylation sites (N-methyl/N-ethyl adjacent to an activating group) is 1. The van der Waals surface area contributed by atoms with Gasteiger partial charge in [0, 0.05) is 32.4 Å². The first-order chi connectivity index (χ1) is 15.0. The maximum atomic E-state index is 13.3. The first-order valence-electron chi connectivity index (χ1n) is 10.0. The van der Waals surface area contributed by atoms with Gasteiger partial charge in [0.2, 0.25) is 0 Å². The number of thioether (sulfide) groups is 1. The highest BCUT2D eigenvalue weighted by molar-refractivity contribution is 8.23. The Balaban J connectivity index is 1.93. The van der Waals surface area contributed by atoms with Crippen LogP contribution in [0.2, 0.25) is 0 Å². The fourth-order valence-corrected chi connectivity index (χ4v) is 5.91. The summed E-state index contributed by atoms with van der Waals surface area (Å²) in [6.45, 7) is 4.85. The van der Waals surface area contributed by atoms with E-state index in [9.17, 15) is 9.59 Å². The third kappa shape index (κ3) is 3.79. The predicted octanol–water partition coefficient (Wildman–Crippen LogP) is 1.27. The van der Waals surface area contributed by atoms with Crippen molar-refractivity contribution in [1.82, 2.24) is 14.4 Å². The summed E-state index contributed by atoms with van der Waals surface area (Å²) in [6.07, 6.45) is 9.59. The second kappa shape index (κ2) is 8.68. The molecule has 1 fully saturated rings. The molecule has 2 aromatic heterocycles. The number of hydrogen-bond donors (Lipinski definition) is 0. The molecule has 0 spiro atoms. The van der Waals surface area contributed by atoms with Crippen LogP contribution in [-0.2, 0) is 18.4 Å². The molecule has 9 heteroatoms. The number of nitrogens with zero attached hydrogens (tertiary/aromatic N) is 5. The Morgan fingerprint density at radius 3 is 2.61 bits per heavy atom. The molecule has 2 aliphatic rings. The van der Waals surface area contributed by atoms with Crippen LogP contribution in [0.1, 0.15) is 13.8 Å². The molecule has 1 saturated heterocycles. The lowest BCUT2D eigenvalue weighted by Gasteiger charge is -2.16. The summed E-state index contributed by atoms with van der Waals surface area (Å²) in [7, 11) is 3.83. The zero-order valence-corrected chi connectivity index (χ0v) is 19.5. The molecule has 0 bridgehead atoms. The average Bonchev–Trinajstić information content (AvgIpc) is 3.25. The molecule has 1 amide bonds. The van der Waals surface area contributed by atoms with Crippen molar-refractivity contribution in [3.63, 3.8) is 0 Å². The molecular formula is C22H24N5O2S2+. The summed E-state index contributed by atoms with van der Waals surface area (Å²) in [4.78, 5) is 35.3. The zero-order chi connectivity index (χ0) is 22.1. The summed E-state index contributed by atoms with van der Waals surface area (Å²) >= 11 is 2.70. The Labute approximate surface area is 188 Å². The number of aromatic nitrogens is 2. The molecule has 31 heavy (non-hydrogen) atoms. The van der Waals surface area contributed by atoms with Crippen molar-refractivity contribution in [2.24, 2.45) is 12.0 Å². The summed E-state index contributed by atoms with van der Waals surface area (Å²) in [5.41, 5.74) is 0.757. The van der Waals surface area contributed by atoms with E-state index in [0.29, 0.717) is 32.4 Å². The number of aryl methyl sites for hydroxylation is 1. The van der Waals surface area contributed by atoms with Gasteiger partial charge in [-0.3, -0.25) is 19.1 Å². The Bertz CT molecular complexity index is 1320. The van der Waals surface area contributed by atoms with E-state index >= 15 is 0 Å². The van der Waals surface area contributed by atoms with E-state index in [2.05, 4.69) is 0 Å². The molecule has 160 valence electrons. The fourth-order valence-electron chi connectivity index (χ4n) is 3.41. The van der Waals surface area contributed by atoms with E-state index in [0.717, 1.165) is 11.5 Å². The van der Waals surface area contributed by atoms with E-state index in [4.69, 9.17) is 4.99 Å². The first-order valence-corrected chi connectivity index (χ1v) is 11.7. The van der Waals surface area contributed by atoms with Gasteiger partial charge in [0.05, 0.1) is 18.9 Å². The minimum absolute atomic E-state index is 0.0758. The molecule has 2 aliphatic heterocycles. The lowest BCUT2D eigenvalue weighted by molar-refractivity contribution is -0.658. The van der Waals surface area contributed by atoms with Crippen LogP contribution < -0.4 is 19.3 Å². The molecule has 0 radical (unpaired) electrons. The van der Waals surface area contributed by atoms with Crippen LogP contribution in [0.15, 0.2) is 58.6 Å². The summed E-state index contributed by atoms with van der Waals surface area (Å²) in [5, 5.41) is 0.625. The van der Waals surface area contributed by atoms with Gasteiger partial charge in [-0.1, -0.05) is 12.1 Å². The van der Waals surface area contributed by atoms with Gasteiger partial charge in [-0.25, -0.2) is 4.57 Å². The summed E-state index contributed by atoms with van der Waals surface area (Å²) in [5.74, 6) is 0.644. The molecule has 4 heterocycles. The quantitative estimate of drug-likeness (QED) is 0.656. The highest BCUT2D eigenvalue weighted by atomic mass is 32.2. The van der Waals surface area contributed by atoms with Crippen molar-refractivity contribution in [1.29, 1.82) is 0 Å². The fraction of sp³-hybridized carbons (Fsp3) is 0.273. The number of allylic oxidation sites excluding steroid dienone is 2. The number of pyridine rings is 1. The molecule has 0 unspecified atom stereocenters. The number of hydrogen-bond acceptors (Lipinski definition) is 6. The lowest BCUT2D eigenvalue weighted by Crippen LogP contribution is -2.35. The summed E-state index contributed by atoms with van der Waals surface area (Å²) < 4.78 is 4.91. The van der Waals surface area contributed by atoms with Gasteiger partial charge in [-0.05, 0) is 48.8 Å². The minimum Gasteiger partial charge on any atom is -0.350 e. The number of rotatable bonds is 3. The monoisotopic (exact) mass is 454 g/mol. The van der Waals surface area contributed by atoms with Crippen LogP contribution in [0, 0.1) is 0 Å². The van der Waals surface area contributed by atoms with E-state index in [-0.39, 0.29) is 11.5 Å². The molecule has 0 atom stereocenters. The zero-order valence-electron chi connectivity index (χ0n) is 17.9. The second-order valence-corrected chi connectivity index (χ2v) is 9.00. The third-order valence-electron chi connectivity index (χ3n) is 5.10. The maximum absolute atomic E-state index is 13.3. The molecular weight excluding hydrogens is 430 g/mol. The third-order valence-corrected chi connectivity index (χ3v) is 7.50. The number of amides is 1. The normalized spacial score (nSPS) is 21.0. The Kier molecular flexibility index (Phi) is 5.97. The van der Waals surface area contributed by atoms with Crippen molar-refractivity contribution >= 4 is 50.6 Å². The van der Waals surface area contributed by atoms with E-state index in [1.165, 1.54) is 23.1 Å². The smallest absolute Gasteiger partial charge is 0.326 e. The SMILES string of the molecule is CCN1C(=O)C(=c2sc(=C3C=CC=CN3C)c(=O)n2CC)SC1=Nc1cccc[n+]1C. The van der Waals surface area contributed by atoms with Gasteiger partial charge in [0.15, 0.2) is 0 Å². The van der Waals surface area contributed by atoms with Crippen molar-refractivity contribution in [3.8, 4) is 0 Å². The minimum atomic E-state index is -0.114. The topological polar surface area (TPSA) is 61.8 Å². The van der Waals surface area contributed by atoms with Gasteiger partial charge >= 0.3 is 5.82 Å². The van der Waals surface area contributed by atoms with Crippen LogP contribution in [0.25, 0.3) is 10.6 Å². The Morgan fingerprint density at radius 1 is 1.13 bits per heavy atom. The maximum Gasteiger partial charge on any atom is 0.326 e. The first kappa shape index (κ1) is 21.3. The van der Waals surface area contributed by atoms with E-state index < -0.39 is 0 Å². The van der Waals surface area contributed by atoms with Crippen molar-refractivity contribution in [3.05, 3.63) is 68.4 Å². The van der Waals surface area contributed by atoms with Gasteiger partial charge < -0.3 is 4.90 Å². The standard InChI is InChI=1S/C22H24N5O2S2/c1-5-26-19(28)17(15-11-7-9-13-24(15)3)30-21(26)18-20(29)27(6-2)22(31-18)23-16-12-8-10-14-25(16)4/h7-14H,5-6H2,1-4H3/q+1. The van der Waals surface area contributed by atoms with Crippen LogP contribution in [0.3, 0.4) is 0 Å². The van der Waals surface area contributed by atoms with E-state index in [1.54, 1.807) is 9.47 Å². The van der Waals surface area contributed by atoms with Gasteiger partial charge in [-0.15, -0.1) is 11.3 Å². The molecule has 2 aromatic rings. The predicted molar refractivity (Wildman–Crippen MR) is 126 cm³/mol. The molecule has 7 nitrogen and oxygen atoms in total. The van der Waals surface area contributed by atoms with Crippen molar-refractivity contribution in [2.75, 3.05) is 13.6 Å². The van der Waals surface area contributed by atoms with Crippen LogP contribution in [0.4, 0.5) is 5.82 Å². The molecule has 0 N–H and O–H groups in total. The molecule has 0 aromatic carbocycles. The number of thiazole rings is 1. The van der Waals surface area contributed by atoms with Crippen molar-refractivity contribution < 1.29 is 9.36 Å². The Morgan fingerprint density at radius 2 is 1.94 bits per heavy atom. The van der Waals surface area contributed by atoms with Crippen LogP contribution >= 0.6 is 23.1 Å². The number of carbonyl (C=O) groups excluding carboxylic acids is 1. The highest BCUT2D eigenvalue weighted by Gasteiger charge is 2.38. The number of aliphatic imine (C=N–C) groups is 1. The number of amidine groups is 1. The Hall–Kier alpha value is -2.91. The van der Waals surface area contributed by atoms with E-state index in [1.807, 2.05) is 86.2 Å². The molecule has 0 saturated carbocycles. The van der Waals surface area contributed by atoms with Crippen LogP contribution in [-0.4, -0.2) is 39.0 Å². The lowest BCUT2D eigenvalue weighted by atomic mass is 10.3. The summed E-state index contributed by atoms with van der Waals surface area (Å²) in [6, 6.07) is 5.76. The van der Waals surface area contributed by atoms with Gasteiger partial charge in [0.1, 0.15) is 14.1 Å². The second-order valence-electron chi connectivity index (χ2n) is 7.03. The van der Waals surface area contributed by atoms with Gasteiger partial charge in [-0.2, -0.15) is 0 Å². The largest absolute Gasteiger partial charge is 0.350 e. The highest BCUT2D eigenvalue weighted by Crippen LogP contribution is 2.32.